The first-order valence-electron chi connectivity index (χ1n) is 7.46. The second kappa shape index (κ2) is 6.60. The second-order valence-electron chi connectivity index (χ2n) is 5.45. The molecule has 23 heavy (non-hydrogen) atoms. The first-order valence-corrected chi connectivity index (χ1v) is 7.46. The molecule has 6 nitrogen and oxygen atoms in total. The van der Waals surface area contributed by atoms with E-state index < -0.39 is 0 Å². The quantitative estimate of drug-likeness (QED) is 0.874. The molecular formula is C16H18FN5O. The largest absolute Gasteiger partial charge is 0.353 e. The van der Waals surface area contributed by atoms with Crippen LogP contribution in [0, 0.1) is 12.7 Å². The lowest BCUT2D eigenvalue weighted by Gasteiger charge is -2.33. The minimum atomic E-state index is -0.283. The van der Waals surface area contributed by atoms with E-state index in [1.807, 2.05) is 13.0 Å². The van der Waals surface area contributed by atoms with Crippen LogP contribution in [0.1, 0.15) is 5.69 Å². The van der Waals surface area contributed by atoms with E-state index in [0.29, 0.717) is 19.0 Å². The molecular weight excluding hydrogens is 297 g/mol. The molecule has 1 amide bonds. The molecule has 0 aliphatic carbocycles. The summed E-state index contributed by atoms with van der Waals surface area (Å²) in [4.78, 5) is 23.6. The molecule has 1 saturated heterocycles. The van der Waals surface area contributed by atoms with Crippen molar-refractivity contribution in [3.8, 4) is 0 Å². The summed E-state index contributed by atoms with van der Waals surface area (Å²) in [6, 6.07) is 7.98. The highest BCUT2D eigenvalue weighted by Crippen LogP contribution is 2.19. The predicted molar refractivity (Wildman–Crippen MR) is 86.3 cm³/mol. The molecule has 0 bridgehead atoms. The fourth-order valence-corrected chi connectivity index (χ4v) is 2.49. The lowest BCUT2D eigenvalue weighted by Crippen LogP contribution is -2.46. The number of anilines is 3. The van der Waals surface area contributed by atoms with Crippen molar-refractivity contribution >= 4 is 23.9 Å². The summed E-state index contributed by atoms with van der Waals surface area (Å²) in [6.07, 6.45) is 0.879. The summed E-state index contributed by atoms with van der Waals surface area (Å²) in [7, 11) is 0. The predicted octanol–water partition coefficient (Wildman–Crippen LogP) is 1.95. The number of amides is 1. The number of piperazine rings is 1. The highest BCUT2D eigenvalue weighted by molar-refractivity contribution is 5.56. The molecule has 3 rings (SSSR count). The Hall–Kier alpha value is -2.70. The molecule has 0 saturated carbocycles. The SMILES string of the molecule is Cc1cc(N2CCN(C=O)CC2)nc(Nc2ccc(F)cc2)n1. The highest BCUT2D eigenvalue weighted by Gasteiger charge is 2.17. The van der Waals surface area contributed by atoms with Gasteiger partial charge in [-0.1, -0.05) is 0 Å². The van der Waals surface area contributed by atoms with Crippen molar-refractivity contribution in [3.63, 3.8) is 0 Å². The fourth-order valence-electron chi connectivity index (χ4n) is 2.49. The minimum Gasteiger partial charge on any atom is -0.353 e. The Morgan fingerprint density at radius 3 is 2.48 bits per heavy atom. The number of halogens is 1. The molecule has 1 fully saturated rings. The van der Waals surface area contributed by atoms with Crippen molar-refractivity contribution in [1.82, 2.24) is 14.9 Å². The van der Waals surface area contributed by atoms with E-state index in [9.17, 15) is 9.18 Å². The first kappa shape index (κ1) is 15.2. The molecule has 1 aromatic carbocycles. The smallest absolute Gasteiger partial charge is 0.229 e. The van der Waals surface area contributed by atoms with E-state index in [4.69, 9.17) is 0 Å². The van der Waals surface area contributed by atoms with Crippen molar-refractivity contribution in [2.45, 2.75) is 6.92 Å². The number of aryl methyl sites for hydroxylation is 1. The maximum absolute atomic E-state index is 13.0. The van der Waals surface area contributed by atoms with Gasteiger partial charge in [-0.25, -0.2) is 9.37 Å². The summed E-state index contributed by atoms with van der Waals surface area (Å²) in [5.74, 6) is 1.02. The summed E-state index contributed by atoms with van der Waals surface area (Å²) in [6.45, 7) is 4.76. The van der Waals surface area contributed by atoms with Gasteiger partial charge in [-0.3, -0.25) is 4.79 Å². The molecule has 2 heterocycles. The van der Waals surface area contributed by atoms with Gasteiger partial charge in [-0.2, -0.15) is 4.98 Å². The maximum Gasteiger partial charge on any atom is 0.229 e. The van der Waals surface area contributed by atoms with Gasteiger partial charge in [-0.15, -0.1) is 0 Å². The van der Waals surface area contributed by atoms with Crippen LogP contribution in [-0.2, 0) is 4.79 Å². The van der Waals surface area contributed by atoms with E-state index in [-0.39, 0.29) is 5.82 Å². The molecule has 0 radical (unpaired) electrons. The van der Waals surface area contributed by atoms with Gasteiger partial charge in [0.05, 0.1) is 0 Å². The summed E-state index contributed by atoms with van der Waals surface area (Å²) in [5, 5.41) is 3.09. The van der Waals surface area contributed by atoms with Gasteiger partial charge in [-0.05, 0) is 31.2 Å². The molecule has 0 unspecified atom stereocenters. The first-order chi connectivity index (χ1) is 11.1. The second-order valence-corrected chi connectivity index (χ2v) is 5.45. The van der Waals surface area contributed by atoms with E-state index in [2.05, 4.69) is 20.2 Å². The standard InChI is InChI=1S/C16H18FN5O/c1-12-10-15(22-8-6-21(11-23)7-9-22)20-16(18-12)19-14-4-2-13(17)3-5-14/h2-5,10-11H,6-9H2,1H3,(H,18,19,20). The zero-order valence-corrected chi connectivity index (χ0v) is 12.9. The lowest BCUT2D eigenvalue weighted by atomic mass is 10.3. The van der Waals surface area contributed by atoms with Crippen LogP contribution in [0.25, 0.3) is 0 Å². The number of nitrogens with one attached hydrogen (secondary N) is 1. The third-order valence-electron chi connectivity index (χ3n) is 3.73. The van der Waals surface area contributed by atoms with Crippen LogP contribution in [-0.4, -0.2) is 47.5 Å². The monoisotopic (exact) mass is 315 g/mol. The highest BCUT2D eigenvalue weighted by atomic mass is 19.1. The average Bonchev–Trinajstić information content (AvgIpc) is 2.56. The van der Waals surface area contributed by atoms with Gasteiger partial charge < -0.3 is 15.1 Å². The van der Waals surface area contributed by atoms with E-state index in [1.54, 1.807) is 17.0 Å². The Bertz CT molecular complexity index is 683. The van der Waals surface area contributed by atoms with Crippen molar-refractivity contribution in [2.75, 3.05) is 36.4 Å². The van der Waals surface area contributed by atoms with Gasteiger partial charge in [0.1, 0.15) is 11.6 Å². The fraction of sp³-hybridized carbons (Fsp3) is 0.312. The van der Waals surface area contributed by atoms with Crippen molar-refractivity contribution < 1.29 is 9.18 Å². The number of carbonyl (C=O) groups is 1. The lowest BCUT2D eigenvalue weighted by molar-refractivity contribution is -0.118. The molecule has 7 heteroatoms. The number of nitrogens with zero attached hydrogens (tertiary/aromatic N) is 4. The van der Waals surface area contributed by atoms with Crippen LogP contribution in [0.3, 0.4) is 0 Å². The van der Waals surface area contributed by atoms with E-state index in [0.717, 1.165) is 36.7 Å². The van der Waals surface area contributed by atoms with Crippen LogP contribution in [0.4, 0.5) is 21.8 Å². The van der Waals surface area contributed by atoms with Gasteiger partial charge in [0.2, 0.25) is 12.4 Å². The van der Waals surface area contributed by atoms with Crippen molar-refractivity contribution in [1.29, 1.82) is 0 Å². The van der Waals surface area contributed by atoms with E-state index >= 15 is 0 Å². The van der Waals surface area contributed by atoms with Gasteiger partial charge in [0, 0.05) is 43.6 Å². The molecule has 1 aliphatic rings. The average molecular weight is 315 g/mol. The molecule has 1 N–H and O–H groups in total. The molecule has 120 valence electrons. The maximum atomic E-state index is 13.0. The zero-order valence-electron chi connectivity index (χ0n) is 12.9. The van der Waals surface area contributed by atoms with Gasteiger partial charge >= 0.3 is 0 Å². The Morgan fingerprint density at radius 1 is 1.13 bits per heavy atom. The van der Waals surface area contributed by atoms with Crippen LogP contribution < -0.4 is 10.2 Å². The van der Waals surface area contributed by atoms with Crippen LogP contribution >= 0.6 is 0 Å². The third kappa shape index (κ3) is 3.74. The Morgan fingerprint density at radius 2 is 1.83 bits per heavy atom. The van der Waals surface area contributed by atoms with Gasteiger partial charge in [0.15, 0.2) is 0 Å². The number of rotatable bonds is 4. The molecule has 1 aliphatic heterocycles. The Kier molecular flexibility index (Phi) is 4.36. The number of benzene rings is 1. The number of hydrogen-bond acceptors (Lipinski definition) is 5. The molecule has 0 atom stereocenters. The number of aromatic nitrogens is 2. The minimum absolute atomic E-state index is 0.283. The molecule has 0 spiro atoms. The summed E-state index contributed by atoms with van der Waals surface area (Å²) < 4.78 is 13.0. The zero-order chi connectivity index (χ0) is 16.2. The van der Waals surface area contributed by atoms with Crippen molar-refractivity contribution in [3.05, 3.63) is 41.8 Å². The third-order valence-corrected chi connectivity index (χ3v) is 3.73. The van der Waals surface area contributed by atoms with Crippen LogP contribution in [0.2, 0.25) is 0 Å². The topological polar surface area (TPSA) is 61.4 Å². The van der Waals surface area contributed by atoms with Crippen LogP contribution in [0.15, 0.2) is 30.3 Å². The Balaban J connectivity index is 1.76. The van der Waals surface area contributed by atoms with Gasteiger partial charge in [0.25, 0.3) is 0 Å². The Labute approximate surface area is 134 Å². The number of hydrogen-bond donors (Lipinski definition) is 1. The summed E-state index contributed by atoms with van der Waals surface area (Å²) in [5.41, 5.74) is 1.58. The van der Waals surface area contributed by atoms with Crippen molar-refractivity contribution in [2.24, 2.45) is 0 Å². The molecule has 2 aromatic rings. The summed E-state index contributed by atoms with van der Waals surface area (Å²) >= 11 is 0. The normalized spacial score (nSPS) is 14.7. The van der Waals surface area contributed by atoms with Crippen LogP contribution in [0.5, 0.6) is 0 Å². The van der Waals surface area contributed by atoms with E-state index in [1.165, 1.54) is 12.1 Å². The number of carbonyl (C=O) groups excluding carboxylic acids is 1. The molecule has 1 aromatic heterocycles.